The Kier molecular flexibility index (Phi) is 6.09. The topological polar surface area (TPSA) is 0 Å². The van der Waals surface area contributed by atoms with E-state index in [1.165, 1.54) is 27.5 Å². The summed E-state index contributed by atoms with van der Waals surface area (Å²) in [5, 5.41) is 2.30. The zero-order valence-electron chi connectivity index (χ0n) is 20.3. The second kappa shape index (κ2) is 9.30. The van der Waals surface area contributed by atoms with Crippen LogP contribution in [0.1, 0.15) is 27.8 Å². The van der Waals surface area contributed by atoms with E-state index in [0.29, 0.717) is 12.0 Å². The molecular weight excluding hydrogens is 505 g/mol. The molecule has 5 heteroatoms. The lowest BCUT2D eigenvalue weighted by Gasteiger charge is -2.23. The molecule has 0 unspecified atom stereocenters. The Morgan fingerprint density at radius 3 is 2.19 bits per heavy atom. The Morgan fingerprint density at radius 2 is 1.41 bits per heavy atom. The summed E-state index contributed by atoms with van der Waals surface area (Å²) in [6, 6.07) is 29.1. The molecule has 0 aromatic heterocycles. The van der Waals surface area contributed by atoms with Gasteiger partial charge in [-0.25, -0.2) is 0 Å². The van der Waals surface area contributed by atoms with Crippen LogP contribution in [0.25, 0.3) is 21.9 Å². The fraction of sp³-hybridized carbons (Fsp3) is 0.125. The molecule has 0 spiro atoms. The van der Waals surface area contributed by atoms with E-state index in [2.05, 4.69) is 55.5 Å². The van der Waals surface area contributed by atoms with E-state index in [9.17, 15) is 13.2 Å². The minimum Gasteiger partial charge on any atom is -0.166 e. The summed E-state index contributed by atoms with van der Waals surface area (Å²) in [7, 11) is 0. The Balaban J connectivity index is 1.46. The van der Waals surface area contributed by atoms with Gasteiger partial charge in [0.1, 0.15) is 0 Å². The summed E-state index contributed by atoms with van der Waals surface area (Å²) < 4.78 is 41.4. The Morgan fingerprint density at radius 1 is 0.649 bits per heavy atom. The predicted molar refractivity (Wildman–Crippen MR) is 148 cm³/mol. The lowest BCUT2D eigenvalue weighted by atomic mass is 9.90. The van der Waals surface area contributed by atoms with Gasteiger partial charge < -0.3 is 0 Å². The molecule has 1 aliphatic heterocycles. The molecule has 0 nitrogen and oxygen atoms in total. The van der Waals surface area contributed by atoms with Gasteiger partial charge in [-0.3, -0.25) is 0 Å². The van der Waals surface area contributed by atoms with Crippen molar-refractivity contribution in [3.05, 3.63) is 119 Å². The fourth-order valence-electron chi connectivity index (χ4n) is 4.92. The van der Waals surface area contributed by atoms with Crippen LogP contribution in [0.2, 0.25) is 0 Å². The quantitative estimate of drug-likeness (QED) is 0.224. The Labute approximate surface area is 222 Å². The van der Waals surface area contributed by atoms with Gasteiger partial charge in [-0.1, -0.05) is 89.8 Å². The molecule has 5 aromatic carbocycles. The monoisotopic (exact) mass is 528 g/mol. The molecule has 0 aliphatic carbocycles. The van der Waals surface area contributed by atoms with Crippen molar-refractivity contribution in [3.63, 3.8) is 0 Å². The SMILES string of the molecule is Cc1ccc2ccc(Cc3ccc(C(F)(F)F)cc3-c3ccc4c(c3C)Sc3ccccc3S4)cc2c1. The van der Waals surface area contributed by atoms with Crippen LogP contribution in [0.4, 0.5) is 13.2 Å². The van der Waals surface area contributed by atoms with Crippen LogP contribution in [-0.4, -0.2) is 0 Å². The minimum absolute atomic E-state index is 0.554. The van der Waals surface area contributed by atoms with Crippen LogP contribution in [-0.2, 0) is 12.6 Å². The molecule has 0 N–H and O–H groups in total. The maximum absolute atomic E-state index is 13.8. The summed E-state index contributed by atoms with van der Waals surface area (Å²) in [5.74, 6) is 0. The highest BCUT2D eigenvalue weighted by Crippen LogP contribution is 2.51. The fourth-order valence-corrected chi connectivity index (χ4v) is 7.32. The zero-order chi connectivity index (χ0) is 25.7. The van der Waals surface area contributed by atoms with Crippen molar-refractivity contribution in [2.45, 2.75) is 46.0 Å². The van der Waals surface area contributed by atoms with Crippen LogP contribution in [0.3, 0.4) is 0 Å². The summed E-state index contributed by atoms with van der Waals surface area (Å²) in [5.41, 5.74) is 5.03. The molecule has 1 aliphatic rings. The van der Waals surface area contributed by atoms with E-state index < -0.39 is 11.7 Å². The first-order chi connectivity index (χ1) is 17.8. The summed E-state index contributed by atoms with van der Waals surface area (Å²) in [6.45, 7) is 4.09. The lowest BCUT2D eigenvalue weighted by molar-refractivity contribution is -0.137. The second-order valence-corrected chi connectivity index (χ2v) is 11.6. The first-order valence-electron chi connectivity index (χ1n) is 12.0. The number of benzene rings is 5. The molecule has 0 saturated carbocycles. The second-order valence-electron chi connectivity index (χ2n) is 9.45. The van der Waals surface area contributed by atoms with E-state index in [1.54, 1.807) is 29.6 Å². The van der Waals surface area contributed by atoms with Crippen molar-refractivity contribution < 1.29 is 13.2 Å². The van der Waals surface area contributed by atoms with E-state index in [-0.39, 0.29) is 0 Å². The predicted octanol–water partition coefficient (Wildman–Crippen LogP) is 10.3. The lowest BCUT2D eigenvalue weighted by Crippen LogP contribution is -2.06. The van der Waals surface area contributed by atoms with Crippen molar-refractivity contribution in [3.8, 4) is 11.1 Å². The highest BCUT2D eigenvalue weighted by molar-refractivity contribution is 8.05. The van der Waals surface area contributed by atoms with Gasteiger partial charge in [0.2, 0.25) is 0 Å². The van der Waals surface area contributed by atoms with Crippen molar-refractivity contribution in [1.82, 2.24) is 0 Å². The van der Waals surface area contributed by atoms with Gasteiger partial charge >= 0.3 is 6.18 Å². The number of fused-ring (bicyclic) bond motifs is 3. The van der Waals surface area contributed by atoms with Crippen LogP contribution in [0.15, 0.2) is 111 Å². The third-order valence-corrected chi connectivity index (χ3v) is 9.53. The summed E-state index contributed by atoms with van der Waals surface area (Å²) in [6.07, 6.45) is -3.85. The third kappa shape index (κ3) is 4.67. The van der Waals surface area contributed by atoms with Gasteiger partial charge in [0.25, 0.3) is 0 Å². The van der Waals surface area contributed by atoms with E-state index in [1.807, 2.05) is 31.2 Å². The van der Waals surface area contributed by atoms with E-state index in [0.717, 1.165) is 42.8 Å². The molecule has 184 valence electrons. The average molecular weight is 529 g/mol. The van der Waals surface area contributed by atoms with Crippen molar-refractivity contribution >= 4 is 34.3 Å². The number of halogens is 3. The van der Waals surface area contributed by atoms with Gasteiger partial charge in [0.05, 0.1) is 5.56 Å². The van der Waals surface area contributed by atoms with Crippen LogP contribution < -0.4 is 0 Å². The summed E-state index contributed by atoms with van der Waals surface area (Å²) >= 11 is 3.41. The van der Waals surface area contributed by atoms with Gasteiger partial charge in [-0.2, -0.15) is 13.2 Å². The highest BCUT2D eigenvalue weighted by Gasteiger charge is 2.31. The Hall–Kier alpha value is -3.15. The summed E-state index contributed by atoms with van der Waals surface area (Å²) in [4.78, 5) is 4.64. The molecule has 0 amide bonds. The molecular formula is C32H23F3S2. The number of hydrogen-bond donors (Lipinski definition) is 0. The van der Waals surface area contributed by atoms with Gasteiger partial charge in [-0.05, 0) is 89.2 Å². The normalized spacial score (nSPS) is 12.9. The van der Waals surface area contributed by atoms with Crippen LogP contribution >= 0.6 is 23.5 Å². The molecule has 0 fully saturated rings. The molecule has 0 radical (unpaired) electrons. The largest absolute Gasteiger partial charge is 0.416 e. The zero-order valence-corrected chi connectivity index (χ0v) is 22.0. The number of alkyl halides is 3. The first kappa shape index (κ1) is 24.2. The molecule has 1 heterocycles. The van der Waals surface area contributed by atoms with E-state index in [4.69, 9.17) is 0 Å². The number of aryl methyl sites for hydroxylation is 1. The Bertz CT molecular complexity index is 1670. The van der Waals surface area contributed by atoms with Gasteiger partial charge in [0, 0.05) is 19.6 Å². The third-order valence-electron chi connectivity index (χ3n) is 6.83. The molecule has 6 rings (SSSR count). The maximum Gasteiger partial charge on any atom is 0.416 e. The van der Waals surface area contributed by atoms with Crippen molar-refractivity contribution in [2.24, 2.45) is 0 Å². The van der Waals surface area contributed by atoms with E-state index >= 15 is 0 Å². The average Bonchev–Trinajstić information content (AvgIpc) is 2.87. The van der Waals surface area contributed by atoms with Gasteiger partial charge in [0.15, 0.2) is 0 Å². The molecule has 0 atom stereocenters. The molecule has 37 heavy (non-hydrogen) atoms. The van der Waals surface area contributed by atoms with Crippen LogP contribution in [0.5, 0.6) is 0 Å². The molecule has 0 bridgehead atoms. The first-order valence-corrected chi connectivity index (χ1v) is 13.7. The molecule has 5 aromatic rings. The van der Waals surface area contributed by atoms with Crippen molar-refractivity contribution in [1.29, 1.82) is 0 Å². The highest BCUT2D eigenvalue weighted by atomic mass is 32.2. The van der Waals surface area contributed by atoms with Crippen LogP contribution in [0, 0.1) is 13.8 Å². The maximum atomic E-state index is 13.8. The smallest absolute Gasteiger partial charge is 0.166 e. The standard InChI is InChI=1S/C32H23F3S2/c1-19-7-9-22-10-8-21(17-24(22)15-19)16-23-11-12-25(32(33,34)35)18-27(23)26-13-14-30-31(20(26)2)37-29-6-4-3-5-28(29)36-30/h3-15,17-18H,16H2,1-2H3. The van der Waals surface area contributed by atoms with Crippen molar-refractivity contribution in [2.75, 3.05) is 0 Å². The van der Waals surface area contributed by atoms with Gasteiger partial charge in [-0.15, -0.1) is 0 Å². The minimum atomic E-state index is -4.40. The number of hydrogen-bond acceptors (Lipinski definition) is 2. The number of rotatable bonds is 3. The molecule has 0 saturated heterocycles.